The molecule has 5 nitrogen and oxygen atoms in total. The number of amides is 1. The van der Waals surface area contributed by atoms with Crippen molar-refractivity contribution in [3.8, 4) is 23.0 Å². The van der Waals surface area contributed by atoms with Crippen LogP contribution in [0.15, 0.2) is 48.7 Å². The zero-order valence-corrected chi connectivity index (χ0v) is 13.8. The molecule has 0 radical (unpaired) electrons. The second kappa shape index (κ2) is 6.68. The first kappa shape index (κ1) is 16.6. The molecule has 0 aliphatic carbocycles. The summed E-state index contributed by atoms with van der Waals surface area (Å²) >= 11 is 0. The van der Waals surface area contributed by atoms with Crippen LogP contribution in [0.5, 0.6) is 11.6 Å². The van der Waals surface area contributed by atoms with Gasteiger partial charge in [0.1, 0.15) is 17.1 Å². The molecule has 2 aromatic carbocycles. The second-order valence-electron chi connectivity index (χ2n) is 5.60. The van der Waals surface area contributed by atoms with Crippen molar-refractivity contribution in [1.82, 2.24) is 9.97 Å². The molecular formula is C19H16FN3O2. The van der Waals surface area contributed by atoms with Gasteiger partial charge in [-0.05, 0) is 49.2 Å². The van der Waals surface area contributed by atoms with Gasteiger partial charge in [0.15, 0.2) is 5.82 Å². The summed E-state index contributed by atoms with van der Waals surface area (Å²) < 4.78 is 18.7. The number of carbonyl (C=O) groups is 1. The summed E-state index contributed by atoms with van der Waals surface area (Å²) in [5, 5.41) is 0. The van der Waals surface area contributed by atoms with E-state index in [1.807, 2.05) is 32.0 Å². The molecule has 0 bridgehead atoms. The molecule has 0 aliphatic rings. The maximum atomic E-state index is 13.1. The van der Waals surface area contributed by atoms with Gasteiger partial charge >= 0.3 is 0 Å². The fourth-order valence-corrected chi connectivity index (χ4v) is 2.51. The fourth-order valence-electron chi connectivity index (χ4n) is 2.51. The number of primary amides is 1. The first-order chi connectivity index (χ1) is 12.0. The summed E-state index contributed by atoms with van der Waals surface area (Å²) in [6, 6.07) is 11.3. The number of ether oxygens (including phenoxy) is 1. The van der Waals surface area contributed by atoms with Crippen molar-refractivity contribution in [2.45, 2.75) is 13.8 Å². The van der Waals surface area contributed by atoms with Crippen LogP contribution in [0.4, 0.5) is 4.39 Å². The Bertz CT molecular complexity index is 920. The molecule has 3 aromatic rings. The lowest BCUT2D eigenvalue weighted by molar-refractivity contribution is 0.0997. The number of aromatic nitrogens is 2. The van der Waals surface area contributed by atoms with Gasteiger partial charge in [0, 0.05) is 11.8 Å². The van der Waals surface area contributed by atoms with E-state index in [0.29, 0.717) is 11.6 Å². The normalized spacial score (nSPS) is 10.5. The van der Waals surface area contributed by atoms with Crippen molar-refractivity contribution >= 4 is 5.91 Å². The number of hydrogen-bond donors (Lipinski definition) is 1. The maximum Gasteiger partial charge on any atom is 0.255 e. The van der Waals surface area contributed by atoms with Crippen molar-refractivity contribution in [3.05, 3.63) is 71.2 Å². The van der Waals surface area contributed by atoms with Gasteiger partial charge in [0.05, 0.1) is 0 Å². The lowest BCUT2D eigenvalue weighted by Crippen LogP contribution is -2.14. The van der Waals surface area contributed by atoms with Gasteiger partial charge in [-0.2, -0.15) is 4.98 Å². The van der Waals surface area contributed by atoms with Crippen LogP contribution in [-0.2, 0) is 0 Å². The highest BCUT2D eigenvalue weighted by atomic mass is 19.1. The van der Waals surface area contributed by atoms with Gasteiger partial charge in [-0.25, -0.2) is 9.37 Å². The zero-order valence-electron chi connectivity index (χ0n) is 13.8. The Morgan fingerprint density at radius 1 is 1.08 bits per heavy atom. The van der Waals surface area contributed by atoms with Crippen molar-refractivity contribution in [2.24, 2.45) is 5.73 Å². The predicted octanol–water partition coefficient (Wildman–Crippen LogP) is 3.79. The molecule has 0 saturated heterocycles. The molecule has 0 spiro atoms. The van der Waals surface area contributed by atoms with E-state index < -0.39 is 5.91 Å². The monoisotopic (exact) mass is 337 g/mol. The molecular weight excluding hydrogens is 321 g/mol. The van der Waals surface area contributed by atoms with Gasteiger partial charge in [0.25, 0.3) is 5.91 Å². The third kappa shape index (κ3) is 3.47. The molecule has 0 aliphatic heterocycles. The number of carbonyl (C=O) groups excluding carboxylic acids is 1. The molecule has 25 heavy (non-hydrogen) atoms. The quantitative estimate of drug-likeness (QED) is 0.785. The highest BCUT2D eigenvalue weighted by Crippen LogP contribution is 2.29. The number of benzene rings is 2. The Morgan fingerprint density at radius 3 is 2.32 bits per heavy atom. The molecule has 6 heteroatoms. The van der Waals surface area contributed by atoms with Crippen LogP contribution in [0.1, 0.15) is 21.5 Å². The first-order valence-corrected chi connectivity index (χ1v) is 7.62. The Hall–Kier alpha value is -3.28. The molecule has 3 rings (SSSR count). The number of hydrogen-bond acceptors (Lipinski definition) is 4. The maximum absolute atomic E-state index is 13.1. The van der Waals surface area contributed by atoms with E-state index in [0.717, 1.165) is 16.7 Å². The van der Waals surface area contributed by atoms with Crippen LogP contribution in [-0.4, -0.2) is 15.9 Å². The minimum atomic E-state index is -0.704. The van der Waals surface area contributed by atoms with E-state index in [4.69, 9.17) is 10.5 Å². The Kier molecular flexibility index (Phi) is 4.43. The summed E-state index contributed by atoms with van der Waals surface area (Å²) in [5.74, 6) is -0.286. The summed E-state index contributed by atoms with van der Waals surface area (Å²) in [6.07, 6.45) is 1.34. The minimum Gasteiger partial charge on any atom is -0.438 e. The van der Waals surface area contributed by atoms with Crippen molar-refractivity contribution in [1.29, 1.82) is 0 Å². The predicted molar refractivity (Wildman–Crippen MR) is 91.9 cm³/mol. The lowest BCUT2D eigenvalue weighted by Gasteiger charge is -2.12. The van der Waals surface area contributed by atoms with E-state index in [2.05, 4.69) is 9.97 Å². The Labute approximate surface area is 144 Å². The van der Waals surface area contributed by atoms with Crippen molar-refractivity contribution in [2.75, 3.05) is 0 Å². The Balaban J connectivity index is 2.09. The zero-order chi connectivity index (χ0) is 18.0. The van der Waals surface area contributed by atoms with E-state index in [1.165, 1.54) is 30.5 Å². The largest absolute Gasteiger partial charge is 0.438 e. The molecule has 126 valence electrons. The van der Waals surface area contributed by atoms with Crippen molar-refractivity contribution in [3.63, 3.8) is 0 Å². The van der Waals surface area contributed by atoms with Crippen LogP contribution in [0.2, 0.25) is 0 Å². The van der Waals surface area contributed by atoms with Crippen LogP contribution in [0.25, 0.3) is 11.4 Å². The molecule has 0 atom stereocenters. The average Bonchev–Trinajstić information content (AvgIpc) is 2.57. The van der Waals surface area contributed by atoms with Crippen molar-refractivity contribution < 1.29 is 13.9 Å². The molecule has 0 fully saturated rings. The highest BCUT2D eigenvalue weighted by molar-refractivity contribution is 5.95. The average molecular weight is 337 g/mol. The second-order valence-corrected chi connectivity index (χ2v) is 5.60. The van der Waals surface area contributed by atoms with Gasteiger partial charge in [-0.1, -0.05) is 18.2 Å². The summed E-state index contributed by atoms with van der Waals surface area (Å²) in [6.45, 7) is 3.91. The highest BCUT2D eigenvalue weighted by Gasteiger charge is 2.17. The number of aryl methyl sites for hydroxylation is 2. The van der Waals surface area contributed by atoms with Crippen LogP contribution in [0.3, 0.4) is 0 Å². The van der Waals surface area contributed by atoms with Gasteiger partial charge in [-0.15, -0.1) is 0 Å². The standard InChI is InChI=1S/C19H16FN3O2/c1-11-4-3-5-12(2)16(11)18-22-10-15(17(21)24)19(23-18)25-14-8-6-13(20)7-9-14/h3-10H,1-2H3,(H2,21,24). The summed E-state index contributed by atoms with van der Waals surface area (Å²) in [7, 11) is 0. The summed E-state index contributed by atoms with van der Waals surface area (Å²) in [4.78, 5) is 20.3. The number of halogens is 1. The molecule has 0 unspecified atom stereocenters. The van der Waals surface area contributed by atoms with E-state index in [-0.39, 0.29) is 17.3 Å². The third-order valence-corrected chi connectivity index (χ3v) is 3.75. The topological polar surface area (TPSA) is 78.1 Å². The minimum absolute atomic E-state index is 0.0340. The smallest absolute Gasteiger partial charge is 0.255 e. The molecule has 1 aromatic heterocycles. The third-order valence-electron chi connectivity index (χ3n) is 3.75. The molecule has 2 N–H and O–H groups in total. The van der Waals surface area contributed by atoms with E-state index >= 15 is 0 Å². The van der Waals surface area contributed by atoms with Crippen LogP contribution >= 0.6 is 0 Å². The first-order valence-electron chi connectivity index (χ1n) is 7.62. The fraction of sp³-hybridized carbons (Fsp3) is 0.105. The summed E-state index contributed by atoms with van der Waals surface area (Å²) in [5.41, 5.74) is 8.30. The molecule has 1 amide bonds. The Morgan fingerprint density at radius 2 is 1.72 bits per heavy atom. The van der Waals surface area contributed by atoms with Gasteiger partial charge in [-0.3, -0.25) is 4.79 Å². The van der Waals surface area contributed by atoms with E-state index in [9.17, 15) is 9.18 Å². The molecule has 0 saturated carbocycles. The molecule has 1 heterocycles. The van der Waals surface area contributed by atoms with Crippen LogP contribution < -0.4 is 10.5 Å². The van der Waals surface area contributed by atoms with Gasteiger partial charge in [0.2, 0.25) is 5.88 Å². The van der Waals surface area contributed by atoms with E-state index in [1.54, 1.807) is 0 Å². The van der Waals surface area contributed by atoms with Gasteiger partial charge < -0.3 is 10.5 Å². The van der Waals surface area contributed by atoms with Crippen LogP contribution in [0, 0.1) is 19.7 Å². The number of nitrogens with zero attached hydrogens (tertiary/aromatic N) is 2. The number of nitrogens with two attached hydrogens (primary N) is 1. The number of rotatable bonds is 4. The lowest BCUT2D eigenvalue weighted by atomic mass is 10.0. The SMILES string of the molecule is Cc1cccc(C)c1-c1ncc(C(N)=O)c(Oc2ccc(F)cc2)n1.